The van der Waals surface area contributed by atoms with Gasteiger partial charge in [-0.05, 0) is 20.8 Å². The van der Waals surface area contributed by atoms with Crippen LogP contribution in [0.4, 0.5) is 0 Å². The Kier molecular flexibility index (Phi) is 3.87. The Labute approximate surface area is 77.8 Å². The summed E-state index contributed by atoms with van der Waals surface area (Å²) in [6, 6.07) is -0.577. The fourth-order valence-corrected chi connectivity index (χ4v) is 0.927. The van der Waals surface area contributed by atoms with Gasteiger partial charge in [-0.2, -0.15) is 0 Å². The summed E-state index contributed by atoms with van der Waals surface area (Å²) in [5.74, 6) is -0.735. The molecule has 0 aliphatic heterocycles. The van der Waals surface area contributed by atoms with Crippen molar-refractivity contribution in [3.8, 4) is 0 Å². The molecular weight excluding hydrogens is 170 g/mol. The third-order valence-corrected chi connectivity index (χ3v) is 1.49. The topological polar surface area (TPSA) is 98.2 Å². The first kappa shape index (κ1) is 11.9. The molecule has 0 rings (SSSR count). The van der Waals surface area contributed by atoms with Crippen LogP contribution in [0.3, 0.4) is 0 Å². The van der Waals surface area contributed by atoms with Crippen molar-refractivity contribution in [3.63, 3.8) is 0 Å². The van der Waals surface area contributed by atoms with Gasteiger partial charge in [0, 0.05) is 12.0 Å². The molecule has 0 spiro atoms. The van der Waals surface area contributed by atoms with Crippen molar-refractivity contribution in [3.05, 3.63) is 0 Å². The van der Waals surface area contributed by atoms with E-state index in [9.17, 15) is 9.59 Å². The highest BCUT2D eigenvalue weighted by Crippen LogP contribution is 2.07. The van der Waals surface area contributed by atoms with Crippen molar-refractivity contribution in [1.82, 2.24) is 5.32 Å². The molecule has 0 fully saturated rings. The predicted molar refractivity (Wildman–Crippen MR) is 49.7 cm³/mol. The van der Waals surface area contributed by atoms with E-state index in [2.05, 4.69) is 5.32 Å². The van der Waals surface area contributed by atoms with Gasteiger partial charge in [-0.15, -0.1) is 0 Å². The van der Waals surface area contributed by atoms with E-state index in [-0.39, 0.29) is 12.3 Å². The van der Waals surface area contributed by atoms with Crippen molar-refractivity contribution in [2.45, 2.75) is 38.8 Å². The summed E-state index contributed by atoms with van der Waals surface area (Å²) >= 11 is 0. The van der Waals surface area contributed by atoms with Gasteiger partial charge in [-0.3, -0.25) is 9.59 Å². The summed E-state index contributed by atoms with van der Waals surface area (Å²) in [5.41, 5.74) is 9.73. The van der Waals surface area contributed by atoms with Gasteiger partial charge in [0.25, 0.3) is 0 Å². The second-order valence-electron chi connectivity index (χ2n) is 3.80. The normalized spacial score (nSPS) is 13.5. The summed E-state index contributed by atoms with van der Waals surface area (Å²) in [4.78, 5) is 21.8. The minimum Gasteiger partial charge on any atom is -0.370 e. The first-order valence-corrected chi connectivity index (χ1v) is 4.10. The van der Waals surface area contributed by atoms with Gasteiger partial charge in [-0.25, -0.2) is 0 Å². The number of nitrogens with one attached hydrogen (secondary N) is 1. The van der Waals surface area contributed by atoms with E-state index in [0.717, 1.165) is 0 Å². The Morgan fingerprint density at radius 1 is 1.46 bits per heavy atom. The quantitative estimate of drug-likeness (QED) is 0.532. The number of hydrogen-bond acceptors (Lipinski definition) is 3. The molecule has 0 bridgehead atoms. The van der Waals surface area contributed by atoms with Crippen LogP contribution in [-0.4, -0.2) is 23.4 Å². The van der Waals surface area contributed by atoms with E-state index < -0.39 is 17.5 Å². The van der Waals surface area contributed by atoms with Gasteiger partial charge in [0.1, 0.15) is 0 Å². The summed E-state index contributed by atoms with van der Waals surface area (Å²) in [7, 11) is 0. The van der Waals surface area contributed by atoms with Gasteiger partial charge in [0.15, 0.2) is 0 Å². The highest BCUT2D eigenvalue weighted by molar-refractivity contribution is 5.83. The van der Waals surface area contributed by atoms with Gasteiger partial charge in [-0.1, -0.05) is 0 Å². The lowest BCUT2D eigenvalue weighted by atomic mass is 10.00. The van der Waals surface area contributed by atoms with E-state index in [1.54, 1.807) is 20.8 Å². The number of carbonyl (C=O) groups is 2. The average molecular weight is 187 g/mol. The molecule has 0 aromatic carbocycles. The first-order valence-electron chi connectivity index (χ1n) is 4.10. The zero-order chi connectivity index (χ0) is 10.6. The number of carbonyl (C=O) groups excluding carboxylic acids is 2. The largest absolute Gasteiger partial charge is 0.370 e. The molecule has 0 unspecified atom stereocenters. The van der Waals surface area contributed by atoms with Gasteiger partial charge >= 0.3 is 0 Å². The monoisotopic (exact) mass is 187 g/mol. The minimum absolute atomic E-state index is 0.103. The van der Waals surface area contributed by atoms with E-state index in [4.69, 9.17) is 11.5 Å². The molecule has 0 aromatic heterocycles. The molecule has 0 aliphatic carbocycles. The Morgan fingerprint density at radius 3 is 2.23 bits per heavy atom. The lowest BCUT2D eigenvalue weighted by Crippen LogP contribution is -2.51. The van der Waals surface area contributed by atoms with E-state index >= 15 is 0 Å². The summed E-state index contributed by atoms with van der Waals surface area (Å²) in [5, 5.41) is 2.62. The molecular formula is C8H17N3O2. The molecule has 5 N–H and O–H groups in total. The van der Waals surface area contributed by atoms with Crippen molar-refractivity contribution < 1.29 is 9.59 Å². The highest BCUT2D eigenvalue weighted by atomic mass is 16.2. The van der Waals surface area contributed by atoms with Crippen LogP contribution in [0.15, 0.2) is 0 Å². The minimum atomic E-state index is -0.628. The maximum absolute atomic E-state index is 11.2. The fraction of sp³-hybridized carbons (Fsp3) is 0.750. The fourth-order valence-electron chi connectivity index (χ4n) is 0.927. The molecule has 2 amide bonds. The molecule has 5 heteroatoms. The summed E-state index contributed by atoms with van der Waals surface area (Å²) in [6.45, 7) is 5.02. The lowest BCUT2D eigenvalue weighted by Gasteiger charge is -2.25. The molecule has 0 aromatic rings. The zero-order valence-corrected chi connectivity index (χ0v) is 8.26. The third-order valence-electron chi connectivity index (χ3n) is 1.49. The van der Waals surface area contributed by atoms with Crippen LogP contribution in [0.5, 0.6) is 0 Å². The molecule has 0 aliphatic rings. The summed E-state index contributed by atoms with van der Waals surface area (Å²) in [6.07, 6.45) is 0.103. The maximum atomic E-state index is 11.2. The molecule has 0 radical (unpaired) electrons. The van der Waals surface area contributed by atoms with Crippen LogP contribution in [0.2, 0.25) is 0 Å². The number of primary amides is 1. The van der Waals surface area contributed by atoms with E-state index in [1.165, 1.54) is 0 Å². The van der Waals surface area contributed by atoms with Crippen LogP contribution >= 0.6 is 0 Å². The van der Waals surface area contributed by atoms with Crippen LogP contribution in [0.1, 0.15) is 27.2 Å². The number of hydrogen-bond donors (Lipinski definition) is 3. The Morgan fingerprint density at radius 2 is 1.92 bits per heavy atom. The van der Waals surface area contributed by atoms with Crippen molar-refractivity contribution in [2.75, 3.05) is 0 Å². The van der Waals surface area contributed by atoms with Gasteiger partial charge < -0.3 is 16.8 Å². The standard InChI is InChI=1S/C8H17N3O2/c1-5(9)7(13)11-8(2,3)4-6(10)12/h5H,4,9H2,1-3H3,(H2,10,12)(H,11,13)/t5-/m0/s1. The molecule has 1 atom stereocenters. The summed E-state index contributed by atoms with van der Waals surface area (Å²) < 4.78 is 0. The smallest absolute Gasteiger partial charge is 0.237 e. The number of nitrogens with two attached hydrogens (primary N) is 2. The van der Waals surface area contributed by atoms with Crippen molar-refractivity contribution >= 4 is 11.8 Å². The number of amides is 2. The Bertz CT molecular complexity index is 211. The van der Waals surface area contributed by atoms with Crippen LogP contribution in [-0.2, 0) is 9.59 Å². The third kappa shape index (κ3) is 5.19. The average Bonchev–Trinajstić information content (AvgIpc) is 1.81. The van der Waals surface area contributed by atoms with Crippen molar-refractivity contribution in [2.24, 2.45) is 11.5 Å². The molecule has 0 saturated heterocycles. The Hall–Kier alpha value is -1.10. The first-order chi connectivity index (χ1) is 5.74. The zero-order valence-electron chi connectivity index (χ0n) is 8.26. The van der Waals surface area contributed by atoms with Crippen molar-refractivity contribution in [1.29, 1.82) is 0 Å². The van der Waals surface area contributed by atoms with E-state index in [0.29, 0.717) is 0 Å². The second kappa shape index (κ2) is 4.23. The SMILES string of the molecule is C[C@H](N)C(=O)NC(C)(C)CC(N)=O. The van der Waals surface area contributed by atoms with E-state index in [1.807, 2.05) is 0 Å². The molecule has 76 valence electrons. The Balaban J connectivity index is 4.16. The maximum Gasteiger partial charge on any atom is 0.237 e. The van der Waals surface area contributed by atoms with Crippen LogP contribution in [0, 0.1) is 0 Å². The second-order valence-corrected chi connectivity index (χ2v) is 3.80. The van der Waals surface area contributed by atoms with Gasteiger partial charge in [0.05, 0.1) is 6.04 Å². The van der Waals surface area contributed by atoms with Gasteiger partial charge in [0.2, 0.25) is 11.8 Å². The van der Waals surface area contributed by atoms with Crippen LogP contribution < -0.4 is 16.8 Å². The molecule has 0 saturated carbocycles. The van der Waals surface area contributed by atoms with Crippen LogP contribution in [0.25, 0.3) is 0 Å². The lowest BCUT2D eigenvalue weighted by molar-refractivity contribution is -0.124. The molecule has 5 nitrogen and oxygen atoms in total. The predicted octanol–water partition coefficient (Wildman–Crippen LogP) is -0.896. The molecule has 13 heavy (non-hydrogen) atoms. The highest BCUT2D eigenvalue weighted by Gasteiger charge is 2.23. The number of rotatable bonds is 4. The molecule has 0 heterocycles.